The Morgan fingerprint density at radius 2 is 1.78 bits per heavy atom. The molecule has 0 spiro atoms. The molecule has 1 aliphatic rings. The molecule has 0 aromatic carbocycles. The molecule has 0 N–H and O–H groups in total. The van der Waals surface area contributed by atoms with Crippen LogP contribution in [0.5, 0.6) is 0 Å². The van der Waals surface area contributed by atoms with Crippen molar-refractivity contribution in [3.05, 3.63) is 40.8 Å². The summed E-state index contributed by atoms with van der Waals surface area (Å²) in [6, 6.07) is 5.27. The highest BCUT2D eigenvalue weighted by atomic mass is 32.1. The number of carbonyl (C=O) groups is 3. The smallest absolute Gasteiger partial charge is 0.306 e. The highest BCUT2D eigenvalue weighted by molar-refractivity contribution is 7.12. The minimum absolute atomic E-state index is 0.0247. The number of Topliss-reactive ketones (excluding diaryl/α,β-unsaturated/α-hetero) is 1. The summed E-state index contributed by atoms with van der Waals surface area (Å²) in [5, 5.41) is 1.81. The van der Waals surface area contributed by atoms with E-state index in [-0.39, 0.29) is 31.1 Å². The predicted octanol–water partition coefficient (Wildman–Crippen LogP) is 1.39. The second kappa shape index (κ2) is 9.22. The molecule has 0 saturated carbocycles. The number of hydrogen-bond donors (Lipinski definition) is 0. The van der Waals surface area contributed by atoms with Crippen LogP contribution in [0, 0.1) is 0 Å². The monoisotopic (exact) mass is 388 g/mol. The second-order valence-electron chi connectivity index (χ2n) is 5.98. The number of nitrogens with zero attached hydrogens (tertiary/aromatic N) is 4. The zero-order valence-corrected chi connectivity index (χ0v) is 15.6. The quantitative estimate of drug-likeness (QED) is 0.523. The number of aromatic nitrogens is 2. The summed E-state index contributed by atoms with van der Waals surface area (Å²) >= 11 is 1.34. The Kier molecular flexibility index (Phi) is 6.48. The van der Waals surface area contributed by atoms with E-state index >= 15 is 0 Å². The predicted molar refractivity (Wildman–Crippen MR) is 99.7 cm³/mol. The Balaban J connectivity index is 1.36. The summed E-state index contributed by atoms with van der Waals surface area (Å²) in [7, 11) is 0. The zero-order chi connectivity index (χ0) is 19.1. The Hall–Kier alpha value is -2.81. The van der Waals surface area contributed by atoms with Crippen LogP contribution in [0.1, 0.15) is 22.5 Å². The number of rotatable bonds is 7. The van der Waals surface area contributed by atoms with Gasteiger partial charge in [-0.15, -0.1) is 11.3 Å². The Labute approximate surface area is 160 Å². The fraction of sp³-hybridized carbons (Fsp3) is 0.389. The third kappa shape index (κ3) is 5.33. The molecular weight excluding hydrogens is 368 g/mol. The molecule has 2 aromatic rings. The molecule has 9 heteroatoms. The number of ether oxygens (including phenoxy) is 1. The van der Waals surface area contributed by atoms with Crippen molar-refractivity contribution < 1.29 is 19.1 Å². The normalized spacial score (nSPS) is 14.1. The Bertz CT molecular complexity index is 774. The molecule has 0 radical (unpaired) electrons. The maximum atomic E-state index is 12.2. The summed E-state index contributed by atoms with van der Waals surface area (Å²) < 4.78 is 5.02. The molecule has 1 saturated heterocycles. The van der Waals surface area contributed by atoms with Crippen molar-refractivity contribution >= 4 is 34.9 Å². The van der Waals surface area contributed by atoms with Crippen LogP contribution >= 0.6 is 11.3 Å². The molecule has 0 aliphatic carbocycles. The summed E-state index contributed by atoms with van der Waals surface area (Å²) in [6.45, 7) is 1.99. The van der Waals surface area contributed by atoms with Gasteiger partial charge in [0.15, 0.2) is 12.4 Å². The third-order valence-electron chi connectivity index (χ3n) is 4.18. The maximum Gasteiger partial charge on any atom is 0.306 e. The van der Waals surface area contributed by atoms with Crippen molar-refractivity contribution in [2.75, 3.05) is 37.7 Å². The van der Waals surface area contributed by atoms with E-state index in [1.165, 1.54) is 11.3 Å². The highest BCUT2D eigenvalue weighted by Crippen LogP contribution is 2.13. The molecule has 1 aliphatic heterocycles. The number of piperazine rings is 1. The molecule has 1 amide bonds. The average molecular weight is 388 g/mol. The van der Waals surface area contributed by atoms with Gasteiger partial charge >= 0.3 is 5.97 Å². The summed E-state index contributed by atoms with van der Waals surface area (Å²) in [5.74, 6) is -0.217. The van der Waals surface area contributed by atoms with Crippen molar-refractivity contribution in [3.63, 3.8) is 0 Å². The van der Waals surface area contributed by atoms with Crippen molar-refractivity contribution in [2.24, 2.45) is 0 Å². The van der Waals surface area contributed by atoms with Crippen LogP contribution in [-0.4, -0.2) is 65.3 Å². The van der Waals surface area contributed by atoms with Crippen LogP contribution in [0.4, 0.5) is 5.95 Å². The lowest BCUT2D eigenvalue weighted by molar-refractivity contribution is -0.152. The molecule has 2 aromatic heterocycles. The van der Waals surface area contributed by atoms with E-state index in [1.54, 1.807) is 35.5 Å². The fourth-order valence-electron chi connectivity index (χ4n) is 2.69. The lowest BCUT2D eigenvalue weighted by Crippen LogP contribution is -2.50. The molecule has 3 heterocycles. The third-order valence-corrected chi connectivity index (χ3v) is 5.09. The van der Waals surface area contributed by atoms with Gasteiger partial charge in [-0.3, -0.25) is 14.4 Å². The number of anilines is 1. The van der Waals surface area contributed by atoms with Gasteiger partial charge in [0.1, 0.15) is 0 Å². The van der Waals surface area contributed by atoms with Gasteiger partial charge in [0.2, 0.25) is 5.95 Å². The van der Waals surface area contributed by atoms with Crippen molar-refractivity contribution in [2.45, 2.75) is 12.8 Å². The number of carbonyl (C=O) groups excluding carboxylic acids is 3. The van der Waals surface area contributed by atoms with Crippen LogP contribution in [0.2, 0.25) is 0 Å². The van der Waals surface area contributed by atoms with Crippen LogP contribution < -0.4 is 4.90 Å². The number of amides is 1. The van der Waals surface area contributed by atoms with Gasteiger partial charge in [-0.05, 0) is 17.5 Å². The van der Waals surface area contributed by atoms with E-state index < -0.39 is 5.97 Å². The standard InChI is InChI=1S/C18H20N4O4S/c23-14(15-3-1-12-27-15)4-5-17(25)26-13-16(24)21-8-10-22(11-9-21)18-19-6-2-7-20-18/h1-3,6-7,12H,4-5,8-11,13H2. The first-order valence-corrected chi connectivity index (χ1v) is 9.53. The zero-order valence-electron chi connectivity index (χ0n) is 14.7. The lowest BCUT2D eigenvalue weighted by Gasteiger charge is -2.34. The van der Waals surface area contributed by atoms with Crippen molar-refractivity contribution in [1.82, 2.24) is 14.9 Å². The van der Waals surface area contributed by atoms with Gasteiger partial charge in [-0.1, -0.05) is 6.07 Å². The molecule has 142 valence electrons. The van der Waals surface area contributed by atoms with Gasteiger partial charge in [0, 0.05) is 45.0 Å². The van der Waals surface area contributed by atoms with Gasteiger partial charge < -0.3 is 14.5 Å². The number of ketones is 1. The van der Waals surface area contributed by atoms with Gasteiger partial charge in [-0.25, -0.2) is 9.97 Å². The minimum Gasteiger partial charge on any atom is -0.456 e. The molecule has 8 nitrogen and oxygen atoms in total. The van der Waals surface area contributed by atoms with Crippen LogP contribution in [0.15, 0.2) is 36.0 Å². The summed E-state index contributed by atoms with van der Waals surface area (Å²) in [4.78, 5) is 48.5. The first-order chi connectivity index (χ1) is 13.1. The summed E-state index contributed by atoms with van der Waals surface area (Å²) in [6.07, 6.45) is 3.43. The topological polar surface area (TPSA) is 92.7 Å². The van der Waals surface area contributed by atoms with E-state index in [0.717, 1.165) is 0 Å². The number of thiophene rings is 1. The summed E-state index contributed by atoms with van der Waals surface area (Å²) in [5.41, 5.74) is 0. The molecule has 27 heavy (non-hydrogen) atoms. The van der Waals surface area contributed by atoms with E-state index in [0.29, 0.717) is 37.0 Å². The maximum absolute atomic E-state index is 12.2. The highest BCUT2D eigenvalue weighted by Gasteiger charge is 2.23. The molecule has 3 rings (SSSR count). The van der Waals surface area contributed by atoms with Gasteiger partial charge in [0.05, 0.1) is 11.3 Å². The SMILES string of the molecule is O=C(CCC(=O)c1cccs1)OCC(=O)N1CCN(c2ncccn2)CC1. The molecule has 1 fully saturated rings. The lowest BCUT2D eigenvalue weighted by atomic mass is 10.2. The molecular formula is C18H20N4O4S. The van der Waals surface area contributed by atoms with E-state index in [1.807, 2.05) is 10.3 Å². The van der Waals surface area contributed by atoms with Crippen molar-refractivity contribution in [3.8, 4) is 0 Å². The largest absolute Gasteiger partial charge is 0.456 e. The minimum atomic E-state index is -0.537. The van der Waals surface area contributed by atoms with E-state index in [9.17, 15) is 14.4 Å². The van der Waals surface area contributed by atoms with Gasteiger partial charge in [-0.2, -0.15) is 0 Å². The Morgan fingerprint density at radius 1 is 1.04 bits per heavy atom. The molecule has 0 atom stereocenters. The second-order valence-corrected chi connectivity index (χ2v) is 6.93. The first-order valence-electron chi connectivity index (χ1n) is 8.65. The molecule has 0 bridgehead atoms. The average Bonchev–Trinajstić information content (AvgIpc) is 3.26. The van der Waals surface area contributed by atoms with Crippen LogP contribution in [0.3, 0.4) is 0 Å². The van der Waals surface area contributed by atoms with Crippen molar-refractivity contribution in [1.29, 1.82) is 0 Å². The van der Waals surface area contributed by atoms with Crippen LogP contribution in [-0.2, 0) is 14.3 Å². The fourth-order valence-corrected chi connectivity index (χ4v) is 3.39. The Morgan fingerprint density at radius 3 is 2.44 bits per heavy atom. The first kappa shape index (κ1) is 19.0. The van der Waals surface area contributed by atoms with E-state index in [2.05, 4.69) is 9.97 Å². The molecule has 0 unspecified atom stereocenters. The van der Waals surface area contributed by atoms with E-state index in [4.69, 9.17) is 4.74 Å². The number of hydrogen-bond acceptors (Lipinski definition) is 8. The van der Waals surface area contributed by atoms with Crippen LogP contribution in [0.25, 0.3) is 0 Å². The number of esters is 1. The van der Waals surface area contributed by atoms with Gasteiger partial charge in [0.25, 0.3) is 5.91 Å².